The summed E-state index contributed by atoms with van der Waals surface area (Å²) in [7, 11) is 0. The Hall–Kier alpha value is -2.37. The summed E-state index contributed by atoms with van der Waals surface area (Å²) in [6.45, 7) is 6.60. The van der Waals surface area contributed by atoms with E-state index in [2.05, 4.69) is 22.3 Å². The van der Waals surface area contributed by atoms with Gasteiger partial charge >= 0.3 is 0 Å². The van der Waals surface area contributed by atoms with Crippen LogP contribution >= 0.6 is 0 Å². The molecular weight excluding hydrogens is 328 g/mol. The number of morpholine rings is 1. The Kier molecular flexibility index (Phi) is 6.63. The molecule has 0 radical (unpaired) electrons. The maximum Gasteiger partial charge on any atom is 0.251 e. The topological polar surface area (TPSA) is 50.8 Å². The molecule has 0 aliphatic carbocycles. The lowest BCUT2D eigenvalue weighted by Crippen LogP contribution is -2.43. The average molecular weight is 354 g/mol. The number of amides is 1. The van der Waals surface area contributed by atoms with E-state index >= 15 is 0 Å². The Bertz CT molecular complexity index is 682. The van der Waals surface area contributed by atoms with E-state index in [1.54, 1.807) is 12.1 Å². The highest BCUT2D eigenvalue weighted by Crippen LogP contribution is 2.17. The standard InChI is InChI=1S/C21H26N2O3/c1-2-26-19-10-8-18(9-11-19)21(24)22-20(17-6-4-3-5-7-17)16-23-12-14-25-15-13-23/h3-11,20H,2,12-16H2,1H3,(H,22,24)/t20-/m1/s1. The van der Waals surface area contributed by atoms with Gasteiger partial charge in [0, 0.05) is 25.2 Å². The molecule has 1 N–H and O–H groups in total. The normalized spacial score (nSPS) is 16.0. The summed E-state index contributed by atoms with van der Waals surface area (Å²) in [4.78, 5) is 15.1. The van der Waals surface area contributed by atoms with E-state index in [9.17, 15) is 4.79 Å². The number of nitrogens with one attached hydrogen (secondary N) is 1. The molecule has 0 bridgehead atoms. The Balaban J connectivity index is 1.70. The van der Waals surface area contributed by atoms with Crippen LogP contribution in [0.5, 0.6) is 5.75 Å². The molecule has 1 heterocycles. The van der Waals surface area contributed by atoms with Crippen molar-refractivity contribution in [2.24, 2.45) is 0 Å². The third kappa shape index (κ3) is 5.07. The first-order chi connectivity index (χ1) is 12.8. The Morgan fingerprint density at radius 3 is 2.46 bits per heavy atom. The third-order valence-electron chi connectivity index (χ3n) is 4.48. The van der Waals surface area contributed by atoms with Crippen molar-refractivity contribution < 1.29 is 14.3 Å². The van der Waals surface area contributed by atoms with Gasteiger partial charge in [-0.05, 0) is 36.8 Å². The van der Waals surface area contributed by atoms with Crippen LogP contribution in [0.3, 0.4) is 0 Å². The molecule has 1 aliphatic rings. The summed E-state index contributed by atoms with van der Waals surface area (Å²) in [6.07, 6.45) is 0. The Labute approximate surface area is 154 Å². The molecule has 5 heteroatoms. The number of nitrogens with zero attached hydrogens (tertiary/aromatic N) is 1. The lowest BCUT2D eigenvalue weighted by atomic mass is 10.1. The number of rotatable bonds is 7. The summed E-state index contributed by atoms with van der Waals surface area (Å²) in [5.41, 5.74) is 1.75. The van der Waals surface area contributed by atoms with Crippen LogP contribution in [-0.2, 0) is 4.74 Å². The van der Waals surface area contributed by atoms with Crippen LogP contribution in [0.15, 0.2) is 54.6 Å². The molecule has 0 saturated carbocycles. The lowest BCUT2D eigenvalue weighted by Gasteiger charge is -2.31. The molecule has 2 aromatic rings. The minimum Gasteiger partial charge on any atom is -0.494 e. The number of hydrogen-bond acceptors (Lipinski definition) is 4. The fraction of sp³-hybridized carbons (Fsp3) is 0.381. The molecule has 138 valence electrons. The maximum absolute atomic E-state index is 12.7. The molecule has 1 amide bonds. The molecule has 26 heavy (non-hydrogen) atoms. The van der Waals surface area contributed by atoms with Crippen molar-refractivity contribution in [3.63, 3.8) is 0 Å². The van der Waals surface area contributed by atoms with Crippen LogP contribution in [0.4, 0.5) is 0 Å². The van der Waals surface area contributed by atoms with Gasteiger partial charge in [0.25, 0.3) is 5.91 Å². The second kappa shape index (κ2) is 9.36. The van der Waals surface area contributed by atoms with Crippen LogP contribution in [0, 0.1) is 0 Å². The first-order valence-corrected chi connectivity index (χ1v) is 9.15. The molecule has 0 aromatic heterocycles. The molecule has 5 nitrogen and oxygen atoms in total. The SMILES string of the molecule is CCOc1ccc(C(=O)N[C@H](CN2CCOCC2)c2ccccc2)cc1. The fourth-order valence-electron chi connectivity index (χ4n) is 3.07. The summed E-state index contributed by atoms with van der Waals surface area (Å²) in [5, 5.41) is 3.19. The number of benzene rings is 2. The van der Waals surface area contributed by atoms with Gasteiger partial charge in [0.05, 0.1) is 25.9 Å². The number of ether oxygens (including phenoxy) is 2. The molecule has 2 aromatic carbocycles. The van der Waals surface area contributed by atoms with E-state index in [1.807, 2.05) is 37.3 Å². The van der Waals surface area contributed by atoms with Crippen molar-refractivity contribution in [1.82, 2.24) is 10.2 Å². The van der Waals surface area contributed by atoms with Gasteiger partial charge in [-0.15, -0.1) is 0 Å². The van der Waals surface area contributed by atoms with E-state index in [0.717, 1.165) is 44.2 Å². The van der Waals surface area contributed by atoms with Crippen molar-refractivity contribution in [2.75, 3.05) is 39.5 Å². The van der Waals surface area contributed by atoms with Crippen molar-refractivity contribution in [2.45, 2.75) is 13.0 Å². The van der Waals surface area contributed by atoms with Gasteiger partial charge in [-0.3, -0.25) is 9.69 Å². The van der Waals surface area contributed by atoms with Gasteiger partial charge in [-0.25, -0.2) is 0 Å². The first-order valence-electron chi connectivity index (χ1n) is 9.15. The van der Waals surface area contributed by atoms with Gasteiger partial charge in [-0.2, -0.15) is 0 Å². The zero-order chi connectivity index (χ0) is 18.2. The zero-order valence-corrected chi connectivity index (χ0v) is 15.2. The van der Waals surface area contributed by atoms with Crippen LogP contribution in [0.25, 0.3) is 0 Å². The van der Waals surface area contributed by atoms with Crippen molar-refractivity contribution in [3.05, 3.63) is 65.7 Å². The first kappa shape index (κ1) is 18.4. The van der Waals surface area contributed by atoms with E-state index in [4.69, 9.17) is 9.47 Å². The smallest absolute Gasteiger partial charge is 0.251 e. The molecular formula is C21H26N2O3. The summed E-state index contributed by atoms with van der Waals surface area (Å²) < 4.78 is 10.9. The summed E-state index contributed by atoms with van der Waals surface area (Å²) >= 11 is 0. The van der Waals surface area contributed by atoms with Crippen LogP contribution < -0.4 is 10.1 Å². The van der Waals surface area contributed by atoms with Crippen molar-refractivity contribution in [3.8, 4) is 5.75 Å². The van der Waals surface area contributed by atoms with E-state index in [-0.39, 0.29) is 11.9 Å². The van der Waals surface area contributed by atoms with Gasteiger partial charge in [-0.1, -0.05) is 30.3 Å². The van der Waals surface area contributed by atoms with Gasteiger partial charge < -0.3 is 14.8 Å². The highest BCUT2D eigenvalue weighted by Gasteiger charge is 2.20. The highest BCUT2D eigenvalue weighted by molar-refractivity contribution is 5.94. The number of carbonyl (C=O) groups excluding carboxylic acids is 1. The highest BCUT2D eigenvalue weighted by atomic mass is 16.5. The fourth-order valence-corrected chi connectivity index (χ4v) is 3.07. The van der Waals surface area contributed by atoms with Gasteiger partial charge in [0.1, 0.15) is 5.75 Å². The molecule has 0 spiro atoms. The Morgan fingerprint density at radius 2 is 1.81 bits per heavy atom. The Morgan fingerprint density at radius 1 is 1.12 bits per heavy atom. The van der Waals surface area contributed by atoms with E-state index in [1.165, 1.54) is 0 Å². The minimum atomic E-state index is -0.0739. The van der Waals surface area contributed by atoms with Crippen LogP contribution in [0.2, 0.25) is 0 Å². The molecule has 1 aliphatic heterocycles. The second-order valence-corrected chi connectivity index (χ2v) is 6.31. The predicted octanol–water partition coefficient (Wildman–Crippen LogP) is 2.89. The van der Waals surface area contributed by atoms with Crippen molar-refractivity contribution >= 4 is 5.91 Å². The maximum atomic E-state index is 12.7. The molecule has 3 rings (SSSR count). The summed E-state index contributed by atoms with van der Waals surface area (Å²) in [6, 6.07) is 17.3. The van der Waals surface area contributed by atoms with Crippen LogP contribution in [-0.4, -0.2) is 50.3 Å². The van der Waals surface area contributed by atoms with Gasteiger partial charge in [0.15, 0.2) is 0 Å². The number of hydrogen-bond donors (Lipinski definition) is 1. The second-order valence-electron chi connectivity index (χ2n) is 6.31. The predicted molar refractivity (Wildman–Crippen MR) is 102 cm³/mol. The molecule has 1 fully saturated rings. The van der Waals surface area contributed by atoms with Gasteiger partial charge in [0.2, 0.25) is 0 Å². The molecule has 1 atom stereocenters. The quantitative estimate of drug-likeness (QED) is 0.831. The third-order valence-corrected chi connectivity index (χ3v) is 4.48. The number of carbonyl (C=O) groups is 1. The molecule has 0 unspecified atom stereocenters. The zero-order valence-electron chi connectivity index (χ0n) is 15.2. The van der Waals surface area contributed by atoms with Crippen LogP contribution in [0.1, 0.15) is 28.9 Å². The average Bonchev–Trinajstić information content (AvgIpc) is 2.70. The minimum absolute atomic E-state index is 0.0617. The van der Waals surface area contributed by atoms with Crippen molar-refractivity contribution in [1.29, 1.82) is 0 Å². The largest absolute Gasteiger partial charge is 0.494 e. The lowest BCUT2D eigenvalue weighted by molar-refractivity contribution is 0.0332. The summed E-state index contributed by atoms with van der Waals surface area (Å²) in [5.74, 6) is 0.701. The molecule has 1 saturated heterocycles. The van der Waals surface area contributed by atoms with E-state index in [0.29, 0.717) is 12.2 Å². The monoisotopic (exact) mass is 354 g/mol. The van der Waals surface area contributed by atoms with E-state index < -0.39 is 0 Å².